The Labute approximate surface area is 151 Å². The van der Waals surface area contributed by atoms with E-state index in [0.717, 1.165) is 16.8 Å². The Morgan fingerprint density at radius 3 is 2.69 bits per heavy atom. The highest BCUT2D eigenvalue weighted by molar-refractivity contribution is 5.93. The van der Waals surface area contributed by atoms with Gasteiger partial charge < -0.3 is 11.1 Å². The summed E-state index contributed by atoms with van der Waals surface area (Å²) in [6.07, 6.45) is 6.68. The van der Waals surface area contributed by atoms with Crippen molar-refractivity contribution in [1.82, 2.24) is 15.1 Å². The first kappa shape index (κ1) is 17.2. The van der Waals surface area contributed by atoms with E-state index >= 15 is 0 Å². The van der Waals surface area contributed by atoms with Crippen LogP contribution in [0, 0.1) is 0 Å². The Bertz CT molecular complexity index is 945. The van der Waals surface area contributed by atoms with Crippen LogP contribution in [0.1, 0.15) is 21.5 Å². The first-order valence-corrected chi connectivity index (χ1v) is 8.06. The van der Waals surface area contributed by atoms with Crippen molar-refractivity contribution in [2.45, 2.75) is 6.54 Å². The summed E-state index contributed by atoms with van der Waals surface area (Å²) in [7, 11) is 0. The predicted molar refractivity (Wildman–Crippen MR) is 99.4 cm³/mol. The van der Waals surface area contributed by atoms with Gasteiger partial charge in [-0.3, -0.25) is 9.59 Å². The number of carbonyl (C=O) groups is 2. The van der Waals surface area contributed by atoms with Crippen molar-refractivity contribution in [2.75, 3.05) is 0 Å². The number of benzene rings is 2. The van der Waals surface area contributed by atoms with E-state index in [0.29, 0.717) is 12.1 Å². The van der Waals surface area contributed by atoms with E-state index in [-0.39, 0.29) is 5.91 Å². The molecule has 0 bridgehead atoms. The summed E-state index contributed by atoms with van der Waals surface area (Å²) in [5.41, 5.74) is 8.24. The lowest BCUT2D eigenvalue weighted by atomic mass is 10.1. The molecular formula is C20H18N4O2. The predicted octanol–water partition coefficient (Wildman–Crippen LogP) is 2.30. The van der Waals surface area contributed by atoms with Crippen LogP contribution in [0.4, 0.5) is 0 Å². The summed E-state index contributed by atoms with van der Waals surface area (Å²) < 4.78 is 1.74. The number of nitrogens with two attached hydrogens (primary N) is 1. The molecule has 1 heterocycles. The van der Waals surface area contributed by atoms with E-state index < -0.39 is 5.91 Å². The van der Waals surface area contributed by atoms with Gasteiger partial charge in [-0.2, -0.15) is 5.10 Å². The van der Waals surface area contributed by atoms with Crippen molar-refractivity contribution in [3.8, 4) is 5.69 Å². The van der Waals surface area contributed by atoms with Gasteiger partial charge in [-0.05, 0) is 35.9 Å². The zero-order valence-electron chi connectivity index (χ0n) is 14.0. The van der Waals surface area contributed by atoms with Crippen molar-refractivity contribution in [2.24, 2.45) is 5.73 Å². The molecule has 26 heavy (non-hydrogen) atoms. The van der Waals surface area contributed by atoms with Crippen molar-refractivity contribution in [3.05, 3.63) is 89.8 Å². The van der Waals surface area contributed by atoms with Gasteiger partial charge >= 0.3 is 0 Å². The third kappa shape index (κ3) is 4.45. The lowest BCUT2D eigenvalue weighted by molar-refractivity contribution is -0.116. The molecule has 2 aromatic carbocycles. The smallest absolute Gasteiger partial charge is 0.248 e. The van der Waals surface area contributed by atoms with E-state index in [4.69, 9.17) is 5.73 Å². The lowest BCUT2D eigenvalue weighted by Crippen LogP contribution is -2.20. The van der Waals surface area contributed by atoms with E-state index in [2.05, 4.69) is 10.4 Å². The minimum atomic E-state index is -0.492. The number of primary amides is 1. The van der Waals surface area contributed by atoms with Gasteiger partial charge in [-0.25, -0.2) is 4.68 Å². The summed E-state index contributed by atoms with van der Waals surface area (Å²) in [6.45, 7) is 0.313. The molecule has 0 aliphatic heterocycles. The van der Waals surface area contributed by atoms with E-state index in [1.165, 1.54) is 6.08 Å². The summed E-state index contributed by atoms with van der Waals surface area (Å²) in [5.74, 6) is -0.726. The van der Waals surface area contributed by atoms with Crippen LogP contribution in [0.25, 0.3) is 11.8 Å². The molecule has 0 saturated heterocycles. The standard InChI is InChI=1S/C20H18N4O2/c21-20(26)17-6-4-5-15(11-17)12-22-19(25)10-9-16-13-23-24(14-16)18-7-2-1-3-8-18/h1-11,13-14H,12H2,(H2,21,26)(H,22,25)/b10-9+. The van der Waals surface area contributed by atoms with Gasteiger partial charge in [0.1, 0.15) is 0 Å². The van der Waals surface area contributed by atoms with Gasteiger partial charge in [0.15, 0.2) is 0 Å². The number of amides is 2. The molecule has 0 atom stereocenters. The maximum Gasteiger partial charge on any atom is 0.248 e. The number of rotatable bonds is 6. The Morgan fingerprint density at radius 2 is 1.92 bits per heavy atom. The molecule has 0 unspecified atom stereocenters. The number of hydrogen-bond acceptors (Lipinski definition) is 3. The highest BCUT2D eigenvalue weighted by Gasteiger charge is 2.03. The summed E-state index contributed by atoms with van der Waals surface area (Å²) in [5, 5.41) is 7.04. The molecule has 0 fully saturated rings. The van der Waals surface area contributed by atoms with Gasteiger partial charge in [-0.15, -0.1) is 0 Å². The molecule has 6 nitrogen and oxygen atoms in total. The Morgan fingerprint density at radius 1 is 1.12 bits per heavy atom. The number of carbonyl (C=O) groups excluding carboxylic acids is 2. The van der Waals surface area contributed by atoms with Crippen LogP contribution in [0.5, 0.6) is 0 Å². The van der Waals surface area contributed by atoms with Crippen LogP contribution in [-0.4, -0.2) is 21.6 Å². The molecule has 0 saturated carbocycles. The highest BCUT2D eigenvalue weighted by Crippen LogP contribution is 2.09. The highest BCUT2D eigenvalue weighted by atomic mass is 16.1. The molecule has 3 rings (SSSR count). The maximum absolute atomic E-state index is 12.0. The Hall–Kier alpha value is -3.67. The molecule has 6 heteroatoms. The second-order valence-electron chi connectivity index (χ2n) is 5.67. The van der Waals surface area contributed by atoms with Crippen LogP contribution in [-0.2, 0) is 11.3 Å². The van der Waals surface area contributed by atoms with Crippen molar-refractivity contribution >= 4 is 17.9 Å². The quantitative estimate of drug-likeness (QED) is 0.671. The second-order valence-corrected chi connectivity index (χ2v) is 5.67. The van der Waals surface area contributed by atoms with Crippen LogP contribution < -0.4 is 11.1 Å². The van der Waals surface area contributed by atoms with Crippen LogP contribution in [0.15, 0.2) is 73.1 Å². The van der Waals surface area contributed by atoms with Gasteiger partial charge in [0, 0.05) is 29.9 Å². The fourth-order valence-electron chi connectivity index (χ4n) is 2.40. The summed E-state index contributed by atoms with van der Waals surface area (Å²) >= 11 is 0. The van der Waals surface area contributed by atoms with Crippen LogP contribution in [0.2, 0.25) is 0 Å². The zero-order chi connectivity index (χ0) is 18.4. The maximum atomic E-state index is 12.0. The molecule has 0 radical (unpaired) electrons. The van der Waals surface area contributed by atoms with Gasteiger partial charge in [-0.1, -0.05) is 30.3 Å². The third-order valence-corrected chi connectivity index (χ3v) is 3.73. The summed E-state index contributed by atoms with van der Waals surface area (Å²) in [6, 6.07) is 16.6. The molecule has 1 aromatic heterocycles. The number of aromatic nitrogens is 2. The Kier molecular flexibility index (Phi) is 5.24. The first-order valence-electron chi connectivity index (χ1n) is 8.06. The van der Waals surface area contributed by atoms with Crippen LogP contribution >= 0.6 is 0 Å². The molecule has 0 aliphatic carbocycles. The minimum absolute atomic E-state index is 0.234. The minimum Gasteiger partial charge on any atom is -0.366 e. The second kappa shape index (κ2) is 7.94. The molecule has 130 valence electrons. The van der Waals surface area contributed by atoms with Gasteiger partial charge in [0.25, 0.3) is 0 Å². The van der Waals surface area contributed by atoms with Crippen molar-refractivity contribution in [3.63, 3.8) is 0 Å². The normalized spacial score (nSPS) is 10.8. The summed E-state index contributed by atoms with van der Waals surface area (Å²) in [4.78, 5) is 23.1. The first-order chi connectivity index (χ1) is 12.6. The van der Waals surface area contributed by atoms with E-state index in [1.807, 2.05) is 42.6 Å². The number of nitrogens with zero attached hydrogens (tertiary/aromatic N) is 2. The number of hydrogen-bond donors (Lipinski definition) is 2. The third-order valence-electron chi connectivity index (χ3n) is 3.73. The van der Waals surface area contributed by atoms with Crippen molar-refractivity contribution < 1.29 is 9.59 Å². The topological polar surface area (TPSA) is 90.0 Å². The number of para-hydroxylation sites is 1. The molecule has 3 N–H and O–H groups in total. The Balaban J connectivity index is 1.57. The molecule has 0 spiro atoms. The average Bonchev–Trinajstić information content (AvgIpc) is 3.15. The fraction of sp³-hybridized carbons (Fsp3) is 0.0500. The van der Waals surface area contributed by atoms with Crippen LogP contribution in [0.3, 0.4) is 0 Å². The SMILES string of the molecule is NC(=O)c1cccc(CNC(=O)/C=C/c2cnn(-c3ccccc3)c2)c1. The average molecular weight is 346 g/mol. The fourth-order valence-corrected chi connectivity index (χ4v) is 2.40. The van der Waals surface area contributed by atoms with Gasteiger partial charge in [0.05, 0.1) is 11.9 Å². The largest absolute Gasteiger partial charge is 0.366 e. The van der Waals surface area contributed by atoms with E-state index in [1.54, 1.807) is 35.2 Å². The molecular weight excluding hydrogens is 328 g/mol. The molecule has 3 aromatic rings. The number of nitrogens with one attached hydrogen (secondary N) is 1. The zero-order valence-corrected chi connectivity index (χ0v) is 14.0. The molecule has 0 aliphatic rings. The lowest BCUT2D eigenvalue weighted by Gasteiger charge is -2.04. The molecule has 2 amide bonds. The monoisotopic (exact) mass is 346 g/mol. The van der Waals surface area contributed by atoms with Gasteiger partial charge in [0.2, 0.25) is 11.8 Å². The van der Waals surface area contributed by atoms with E-state index in [9.17, 15) is 9.59 Å². The van der Waals surface area contributed by atoms with Crippen molar-refractivity contribution in [1.29, 1.82) is 0 Å².